The lowest BCUT2D eigenvalue weighted by atomic mass is 9.87. The second-order valence-electron chi connectivity index (χ2n) is 4.97. The molecule has 0 radical (unpaired) electrons. The van der Waals surface area contributed by atoms with E-state index in [4.69, 9.17) is 0 Å². The first-order chi connectivity index (χ1) is 7.00. The first-order valence-corrected chi connectivity index (χ1v) is 6.13. The van der Waals surface area contributed by atoms with Crippen LogP contribution >= 0.6 is 11.3 Å². The molecule has 1 N–H and O–H groups in total. The van der Waals surface area contributed by atoms with Crippen LogP contribution in [-0.4, -0.2) is 4.98 Å². The predicted molar refractivity (Wildman–Crippen MR) is 65.7 cm³/mol. The van der Waals surface area contributed by atoms with Gasteiger partial charge in [0, 0.05) is 32.1 Å². The highest BCUT2D eigenvalue weighted by atomic mass is 32.1. The Morgan fingerprint density at radius 1 is 1.20 bits per heavy atom. The SMILES string of the molecule is Cc1cc2c([nH]1)C(C)(C)c1cc(C)sc1-2. The quantitative estimate of drug-likeness (QED) is 0.686. The van der Waals surface area contributed by atoms with E-state index < -0.39 is 0 Å². The Kier molecular flexibility index (Phi) is 1.57. The fourth-order valence-electron chi connectivity index (χ4n) is 2.57. The first kappa shape index (κ1) is 9.22. The van der Waals surface area contributed by atoms with Crippen molar-refractivity contribution in [3.8, 4) is 10.4 Å². The Bertz CT molecular complexity index is 495. The highest BCUT2D eigenvalue weighted by molar-refractivity contribution is 7.15. The fourth-order valence-corrected chi connectivity index (χ4v) is 3.77. The summed E-state index contributed by atoms with van der Waals surface area (Å²) in [6.07, 6.45) is 0. The smallest absolute Gasteiger partial charge is 0.0405 e. The van der Waals surface area contributed by atoms with Crippen molar-refractivity contribution in [1.29, 1.82) is 0 Å². The van der Waals surface area contributed by atoms with Crippen LogP contribution in [0.2, 0.25) is 0 Å². The molecular weight excluding hydrogens is 202 g/mol. The van der Waals surface area contributed by atoms with Crippen molar-refractivity contribution in [2.24, 2.45) is 0 Å². The van der Waals surface area contributed by atoms with Gasteiger partial charge in [0.25, 0.3) is 0 Å². The zero-order valence-electron chi connectivity index (χ0n) is 9.56. The van der Waals surface area contributed by atoms with E-state index in [0.717, 1.165) is 0 Å². The zero-order chi connectivity index (χ0) is 10.8. The number of hydrogen-bond acceptors (Lipinski definition) is 1. The lowest BCUT2D eigenvalue weighted by Crippen LogP contribution is -2.15. The molecule has 0 saturated heterocycles. The van der Waals surface area contributed by atoms with Gasteiger partial charge in [0.1, 0.15) is 0 Å². The summed E-state index contributed by atoms with van der Waals surface area (Å²) in [5, 5.41) is 0. The summed E-state index contributed by atoms with van der Waals surface area (Å²) in [6.45, 7) is 8.94. The average molecular weight is 217 g/mol. The summed E-state index contributed by atoms with van der Waals surface area (Å²) >= 11 is 1.92. The van der Waals surface area contributed by atoms with E-state index in [9.17, 15) is 0 Å². The molecule has 0 saturated carbocycles. The average Bonchev–Trinajstić information content (AvgIpc) is 2.72. The third-order valence-electron chi connectivity index (χ3n) is 3.35. The molecule has 15 heavy (non-hydrogen) atoms. The zero-order valence-corrected chi connectivity index (χ0v) is 10.4. The number of aromatic amines is 1. The molecule has 0 aliphatic heterocycles. The molecule has 0 spiro atoms. The summed E-state index contributed by atoms with van der Waals surface area (Å²) in [5.74, 6) is 0. The van der Waals surface area contributed by atoms with Gasteiger partial charge in [-0.3, -0.25) is 0 Å². The van der Waals surface area contributed by atoms with Gasteiger partial charge in [-0.25, -0.2) is 0 Å². The number of hydrogen-bond donors (Lipinski definition) is 1. The summed E-state index contributed by atoms with van der Waals surface area (Å²) < 4.78 is 0. The molecule has 1 aliphatic carbocycles. The number of aryl methyl sites for hydroxylation is 2. The third-order valence-corrected chi connectivity index (χ3v) is 4.43. The molecule has 2 heteroatoms. The predicted octanol–water partition coefficient (Wildman–Crippen LogP) is 4.00. The Labute approximate surface area is 94.2 Å². The van der Waals surface area contributed by atoms with Crippen molar-refractivity contribution in [3.05, 3.63) is 34.0 Å². The lowest BCUT2D eigenvalue weighted by molar-refractivity contribution is 0.639. The van der Waals surface area contributed by atoms with Gasteiger partial charge in [-0.2, -0.15) is 0 Å². The van der Waals surface area contributed by atoms with E-state index >= 15 is 0 Å². The lowest BCUT2D eigenvalue weighted by Gasteiger charge is -2.18. The van der Waals surface area contributed by atoms with Gasteiger partial charge in [-0.05, 0) is 31.5 Å². The van der Waals surface area contributed by atoms with E-state index in [1.807, 2.05) is 11.3 Å². The van der Waals surface area contributed by atoms with Crippen molar-refractivity contribution >= 4 is 11.3 Å². The van der Waals surface area contributed by atoms with Crippen LogP contribution in [0.5, 0.6) is 0 Å². The molecule has 0 fully saturated rings. The largest absolute Gasteiger partial charge is 0.361 e. The number of rotatable bonds is 0. The Morgan fingerprint density at radius 3 is 2.67 bits per heavy atom. The maximum atomic E-state index is 3.51. The van der Waals surface area contributed by atoms with Gasteiger partial charge in [-0.1, -0.05) is 13.8 Å². The van der Waals surface area contributed by atoms with Gasteiger partial charge in [-0.15, -0.1) is 11.3 Å². The van der Waals surface area contributed by atoms with Gasteiger partial charge in [0.15, 0.2) is 0 Å². The summed E-state index contributed by atoms with van der Waals surface area (Å²) in [4.78, 5) is 6.39. The Balaban J connectivity index is 2.38. The van der Waals surface area contributed by atoms with Crippen LogP contribution in [0.15, 0.2) is 12.1 Å². The van der Waals surface area contributed by atoms with E-state index in [-0.39, 0.29) is 5.41 Å². The minimum Gasteiger partial charge on any atom is -0.361 e. The second-order valence-corrected chi connectivity index (χ2v) is 6.22. The molecular formula is C13H15NS. The van der Waals surface area contributed by atoms with E-state index in [2.05, 4.69) is 44.8 Å². The third kappa shape index (κ3) is 1.03. The molecule has 3 rings (SSSR count). The molecule has 2 aromatic rings. The van der Waals surface area contributed by atoms with Crippen molar-refractivity contribution in [3.63, 3.8) is 0 Å². The van der Waals surface area contributed by atoms with Crippen LogP contribution in [0.25, 0.3) is 10.4 Å². The standard InChI is InChI=1S/C13H15NS/c1-7-5-9-11-10(6-8(2)15-11)13(3,4)12(9)14-7/h5-6,14H,1-4H3. The molecule has 0 bridgehead atoms. The highest BCUT2D eigenvalue weighted by Gasteiger charge is 2.38. The minimum atomic E-state index is 0.156. The topological polar surface area (TPSA) is 15.8 Å². The molecule has 1 aliphatic rings. The number of aromatic nitrogens is 1. The Hall–Kier alpha value is -1.02. The number of nitrogens with one attached hydrogen (secondary N) is 1. The van der Waals surface area contributed by atoms with Crippen LogP contribution < -0.4 is 0 Å². The second kappa shape index (κ2) is 2.56. The molecule has 2 aromatic heterocycles. The number of H-pyrrole nitrogens is 1. The van der Waals surface area contributed by atoms with E-state index in [1.165, 1.54) is 32.3 Å². The molecule has 0 unspecified atom stereocenters. The van der Waals surface area contributed by atoms with Gasteiger partial charge < -0.3 is 4.98 Å². The summed E-state index contributed by atoms with van der Waals surface area (Å²) in [7, 11) is 0. The van der Waals surface area contributed by atoms with Crippen LogP contribution in [0.4, 0.5) is 0 Å². The molecule has 0 aromatic carbocycles. The molecule has 2 heterocycles. The molecule has 0 amide bonds. The summed E-state index contributed by atoms with van der Waals surface area (Å²) in [5.41, 5.74) is 5.73. The maximum Gasteiger partial charge on any atom is 0.0405 e. The maximum absolute atomic E-state index is 3.51. The first-order valence-electron chi connectivity index (χ1n) is 5.31. The van der Waals surface area contributed by atoms with Crippen molar-refractivity contribution in [1.82, 2.24) is 4.98 Å². The van der Waals surface area contributed by atoms with Gasteiger partial charge >= 0.3 is 0 Å². The van der Waals surface area contributed by atoms with E-state index in [1.54, 1.807) is 0 Å². The minimum absolute atomic E-state index is 0.156. The van der Waals surface area contributed by atoms with Crippen molar-refractivity contribution in [2.45, 2.75) is 33.1 Å². The van der Waals surface area contributed by atoms with Crippen LogP contribution in [0, 0.1) is 13.8 Å². The number of fused-ring (bicyclic) bond motifs is 3. The summed E-state index contributed by atoms with van der Waals surface area (Å²) in [6, 6.07) is 4.61. The number of thiophene rings is 1. The Morgan fingerprint density at radius 2 is 1.93 bits per heavy atom. The van der Waals surface area contributed by atoms with Gasteiger partial charge in [0.05, 0.1) is 0 Å². The molecule has 78 valence electrons. The van der Waals surface area contributed by atoms with E-state index in [0.29, 0.717) is 0 Å². The van der Waals surface area contributed by atoms with Crippen LogP contribution in [0.1, 0.15) is 35.7 Å². The van der Waals surface area contributed by atoms with Crippen LogP contribution in [0.3, 0.4) is 0 Å². The monoisotopic (exact) mass is 217 g/mol. The van der Waals surface area contributed by atoms with Crippen molar-refractivity contribution in [2.75, 3.05) is 0 Å². The fraction of sp³-hybridized carbons (Fsp3) is 0.385. The van der Waals surface area contributed by atoms with Crippen LogP contribution in [-0.2, 0) is 5.41 Å². The molecule has 1 nitrogen and oxygen atoms in total. The van der Waals surface area contributed by atoms with Gasteiger partial charge in [0.2, 0.25) is 0 Å². The molecule has 0 atom stereocenters. The normalized spacial score (nSPS) is 16.5. The van der Waals surface area contributed by atoms with Crippen molar-refractivity contribution < 1.29 is 0 Å². The highest BCUT2D eigenvalue weighted by Crippen LogP contribution is 2.51.